The van der Waals surface area contributed by atoms with E-state index < -0.39 is 5.91 Å². The van der Waals surface area contributed by atoms with Crippen molar-refractivity contribution in [2.75, 3.05) is 12.4 Å². The maximum Gasteiger partial charge on any atom is 0.315 e. The standard InChI is InChI=1S/C7H13NO3S/c1-3-11-6(9)4-12-5(2)7(8)10/h5H,3-4H2,1-2H3,(H2,8,10). The molecule has 1 atom stereocenters. The summed E-state index contributed by atoms with van der Waals surface area (Å²) < 4.78 is 4.66. The van der Waals surface area contributed by atoms with Gasteiger partial charge in [-0.25, -0.2) is 0 Å². The molecule has 0 rings (SSSR count). The Morgan fingerprint density at radius 3 is 2.58 bits per heavy atom. The Hall–Kier alpha value is -0.710. The fourth-order valence-electron chi connectivity index (χ4n) is 0.478. The van der Waals surface area contributed by atoms with Gasteiger partial charge in [0.1, 0.15) is 0 Å². The van der Waals surface area contributed by atoms with E-state index in [0.29, 0.717) is 6.61 Å². The van der Waals surface area contributed by atoms with E-state index in [-0.39, 0.29) is 17.0 Å². The first-order valence-electron chi connectivity index (χ1n) is 3.64. The summed E-state index contributed by atoms with van der Waals surface area (Å²) in [7, 11) is 0. The van der Waals surface area contributed by atoms with Crippen LogP contribution in [0.4, 0.5) is 0 Å². The molecule has 0 aliphatic rings. The topological polar surface area (TPSA) is 69.4 Å². The first kappa shape index (κ1) is 11.3. The average molecular weight is 191 g/mol. The van der Waals surface area contributed by atoms with Gasteiger partial charge in [-0.2, -0.15) is 0 Å². The number of carbonyl (C=O) groups excluding carboxylic acids is 2. The summed E-state index contributed by atoms with van der Waals surface area (Å²) in [5, 5.41) is -0.339. The highest BCUT2D eigenvalue weighted by molar-refractivity contribution is 8.01. The van der Waals surface area contributed by atoms with Gasteiger partial charge in [-0.1, -0.05) is 0 Å². The second kappa shape index (κ2) is 5.88. The van der Waals surface area contributed by atoms with E-state index in [4.69, 9.17) is 5.73 Å². The quantitative estimate of drug-likeness (QED) is 0.628. The zero-order valence-electron chi connectivity index (χ0n) is 7.20. The van der Waals surface area contributed by atoms with Crippen LogP contribution in [-0.4, -0.2) is 29.5 Å². The Morgan fingerprint density at radius 1 is 1.58 bits per heavy atom. The predicted octanol–water partition coefficient (Wildman–Crippen LogP) is 0.156. The van der Waals surface area contributed by atoms with Crippen molar-refractivity contribution < 1.29 is 14.3 Å². The number of hydrogen-bond donors (Lipinski definition) is 1. The predicted molar refractivity (Wildman–Crippen MR) is 47.7 cm³/mol. The largest absolute Gasteiger partial charge is 0.465 e. The van der Waals surface area contributed by atoms with E-state index in [9.17, 15) is 9.59 Å². The van der Waals surface area contributed by atoms with Crippen LogP contribution in [0.2, 0.25) is 0 Å². The van der Waals surface area contributed by atoms with Crippen LogP contribution in [0.3, 0.4) is 0 Å². The van der Waals surface area contributed by atoms with Crippen LogP contribution < -0.4 is 5.73 Å². The number of primary amides is 1. The minimum absolute atomic E-state index is 0.179. The molecule has 0 aliphatic heterocycles. The zero-order valence-corrected chi connectivity index (χ0v) is 8.02. The molecule has 0 aromatic heterocycles. The molecule has 0 fully saturated rings. The number of thioether (sulfide) groups is 1. The van der Waals surface area contributed by atoms with Crippen LogP contribution in [0.25, 0.3) is 0 Å². The molecule has 0 aromatic rings. The number of ether oxygens (including phenoxy) is 1. The van der Waals surface area contributed by atoms with Crippen molar-refractivity contribution in [2.24, 2.45) is 5.73 Å². The SMILES string of the molecule is CCOC(=O)CSC(C)C(N)=O. The lowest BCUT2D eigenvalue weighted by molar-refractivity contribution is -0.139. The van der Waals surface area contributed by atoms with E-state index >= 15 is 0 Å². The molecule has 0 spiro atoms. The van der Waals surface area contributed by atoms with Crippen LogP contribution in [0, 0.1) is 0 Å². The number of hydrogen-bond acceptors (Lipinski definition) is 4. The van der Waals surface area contributed by atoms with E-state index in [1.54, 1.807) is 13.8 Å². The summed E-state index contributed by atoms with van der Waals surface area (Å²) in [5.74, 6) is -0.544. The van der Waals surface area contributed by atoms with Gasteiger partial charge in [0.25, 0.3) is 0 Å². The number of nitrogens with two attached hydrogens (primary N) is 1. The molecule has 0 heterocycles. The molecule has 0 saturated heterocycles. The van der Waals surface area contributed by atoms with Gasteiger partial charge < -0.3 is 10.5 Å². The van der Waals surface area contributed by atoms with Crippen LogP contribution in [0.15, 0.2) is 0 Å². The molecular weight excluding hydrogens is 178 g/mol. The molecule has 0 saturated carbocycles. The third kappa shape index (κ3) is 5.01. The maximum absolute atomic E-state index is 10.8. The number of amides is 1. The van der Waals surface area contributed by atoms with Crippen molar-refractivity contribution in [3.05, 3.63) is 0 Å². The molecule has 4 nitrogen and oxygen atoms in total. The van der Waals surface area contributed by atoms with Gasteiger partial charge in [0.05, 0.1) is 17.6 Å². The Kier molecular flexibility index (Phi) is 5.53. The van der Waals surface area contributed by atoms with Gasteiger partial charge in [0.2, 0.25) is 5.91 Å². The molecule has 2 N–H and O–H groups in total. The minimum Gasteiger partial charge on any atom is -0.465 e. The lowest BCUT2D eigenvalue weighted by Gasteiger charge is -2.05. The Labute approximate surface area is 75.8 Å². The summed E-state index contributed by atoms with van der Waals surface area (Å²) in [4.78, 5) is 21.3. The summed E-state index contributed by atoms with van der Waals surface area (Å²) >= 11 is 1.18. The number of esters is 1. The van der Waals surface area contributed by atoms with Crippen molar-refractivity contribution >= 4 is 23.6 Å². The molecule has 0 aromatic carbocycles. The van der Waals surface area contributed by atoms with Crippen molar-refractivity contribution in [1.82, 2.24) is 0 Å². The van der Waals surface area contributed by atoms with Gasteiger partial charge >= 0.3 is 5.97 Å². The molecule has 0 bridgehead atoms. The lowest BCUT2D eigenvalue weighted by atomic mass is 10.5. The number of carbonyl (C=O) groups is 2. The van der Waals surface area contributed by atoms with Crippen molar-refractivity contribution in [1.29, 1.82) is 0 Å². The Balaban J connectivity index is 3.54. The fraction of sp³-hybridized carbons (Fsp3) is 0.714. The monoisotopic (exact) mass is 191 g/mol. The van der Waals surface area contributed by atoms with Crippen molar-refractivity contribution in [3.8, 4) is 0 Å². The second-order valence-corrected chi connectivity index (χ2v) is 3.49. The summed E-state index contributed by atoms with van der Waals surface area (Å²) in [6.07, 6.45) is 0. The minimum atomic E-state index is -0.413. The number of rotatable bonds is 5. The summed E-state index contributed by atoms with van der Waals surface area (Å²) in [6.45, 7) is 3.76. The Morgan fingerprint density at radius 2 is 2.17 bits per heavy atom. The molecular formula is C7H13NO3S. The van der Waals surface area contributed by atoms with Crippen molar-refractivity contribution in [3.63, 3.8) is 0 Å². The van der Waals surface area contributed by atoms with E-state index in [1.807, 2.05) is 0 Å². The van der Waals surface area contributed by atoms with E-state index in [2.05, 4.69) is 4.74 Å². The third-order valence-electron chi connectivity index (χ3n) is 1.16. The molecule has 5 heteroatoms. The maximum atomic E-state index is 10.8. The van der Waals surface area contributed by atoms with Crippen molar-refractivity contribution in [2.45, 2.75) is 19.1 Å². The fourth-order valence-corrected chi connectivity index (χ4v) is 1.11. The van der Waals surface area contributed by atoms with Gasteiger partial charge in [-0.15, -0.1) is 11.8 Å². The first-order chi connectivity index (χ1) is 5.57. The van der Waals surface area contributed by atoms with E-state index in [1.165, 1.54) is 11.8 Å². The highest BCUT2D eigenvalue weighted by Crippen LogP contribution is 2.09. The highest BCUT2D eigenvalue weighted by atomic mass is 32.2. The molecule has 0 aliphatic carbocycles. The molecule has 70 valence electrons. The van der Waals surface area contributed by atoms with Gasteiger partial charge in [-0.05, 0) is 13.8 Å². The Bertz CT molecular complexity index is 172. The third-order valence-corrected chi connectivity index (χ3v) is 2.29. The lowest BCUT2D eigenvalue weighted by Crippen LogP contribution is -2.24. The second-order valence-electron chi connectivity index (χ2n) is 2.16. The van der Waals surface area contributed by atoms with Crippen LogP contribution in [0.1, 0.15) is 13.8 Å². The average Bonchev–Trinajstić information content (AvgIpc) is 2.00. The summed E-state index contributed by atoms with van der Waals surface area (Å²) in [5.41, 5.74) is 4.98. The normalized spacial score (nSPS) is 12.2. The summed E-state index contributed by atoms with van der Waals surface area (Å²) in [6, 6.07) is 0. The molecule has 1 amide bonds. The molecule has 1 unspecified atom stereocenters. The smallest absolute Gasteiger partial charge is 0.315 e. The van der Waals surface area contributed by atoms with Gasteiger partial charge in [0, 0.05) is 0 Å². The first-order valence-corrected chi connectivity index (χ1v) is 4.69. The van der Waals surface area contributed by atoms with E-state index in [0.717, 1.165) is 0 Å². The highest BCUT2D eigenvalue weighted by Gasteiger charge is 2.11. The molecule has 12 heavy (non-hydrogen) atoms. The molecule has 0 radical (unpaired) electrons. The van der Waals surface area contributed by atoms with Crippen LogP contribution in [0.5, 0.6) is 0 Å². The van der Waals surface area contributed by atoms with Crippen LogP contribution >= 0.6 is 11.8 Å². The zero-order chi connectivity index (χ0) is 9.56. The van der Waals surface area contributed by atoms with Gasteiger partial charge in [0.15, 0.2) is 0 Å². The van der Waals surface area contributed by atoms with Gasteiger partial charge in [-0.3, -0.25) is 9.59 Å². The van der Waals surface area contributed by atoms with Crippen LogP contribution in [-0.2, 0) is 14.3 Å².